The minimum atomic E-state index is -0.465. The number of alkyl carbamates (subject to hydrolysis) is 1. The Hall–Kier alpha value is -0.770. The lowest BCUT2D eigenvalue weighted by Crippen LogP contribution is -2.33. The van der Waals surface area contributed by atoms with Gasteiger partial charge in [0, 0.05) is 6.54 Å². The summed E-state index contributed by atoms with van der Waals surface area (Å²) >= 11 is 0. The van der Waals surface area contributed by atoms with Crippen LogP contribution in [0.15, 0.2) is 0 Å². The number of carbonyl (C=O) groups excluding carboxylic acids is 1. The molecule has 0 bridgehead atoms. The van der Waals surface area contributed by atoms with Crippen LogP contribution in [0, 0.1) is 0 Å². The van der Waals surface area contributed by atoms with E-state index in [-0.39, 0.29) is 6.10 Å². The number of amides is 1. The van der Waals surface area contributed by atoms with Crippen molar-refractivity contribution in [3.63, 3.8) is 0 Å². The van der Waals surface area contributed by atoms with Gasteiger partial charge in [-0.15, -0.1) is 0 Å². The van der Waals surface area contributed by atoms with E-state index in [1.165, 1.54) is 0 Å². The molecule has 2 N–H and O–H groups in total. The largest absolute Gasteiger partial charge is 0.444 e. The van der Waals surface area contributed by atoms with Crippen molar-refractivity contribution in [1.29, 1.82) is 0 Å². The van der Waals surface area contributed by atoms with Crippen molar-refractivity contribution in [3.8, 4) is 0 Å². The van der Waals surface area contributed by atoms with Gasteiger partial charge in [-0.25, -0.2) is 4.79 Å². The number of aliphatic hydroxyl groups excluding tert-OH is 1. The highest BCUT2D eigenvalue weighted by molar-refractivity contribution is 5.67. The Morgan fingerprint density at radius 1 is 1.50 bits per heavy atom. The summed E-state index contributed by atoms with van der Waals surface area (Å²) in [6.45, 7) is 7.79. The predicted octanol–water partition coefficient (Wildman–Crippen LogP) is 1.67. The van der Waals surface area contributed by atoms with Crippen LogP contribution in [0.1, 0.15) is 40.5 Å². The highest BCUT2D eigenvalue weighted by Crippen LogP contribution is 2.06. The number of hydrogen-bond donors (Lipinski definition) is 2. The summed E-state index contributed by atoms with van der Waals surface area (Å²) in [6.07, 6.45) is 0.497. The quantitative estimate of drug-likeness (QED) is 0.730. The minimum Gasteiger partial charge on any atom is -0.444 e. The second-order valence-electron chi connectivity index (χ2n) is 4.28. The SMILES string of the molecule is CC[C@H](O)CCNC(=O)OC(C)(C)C. The molecule has 84 valence electrons. The molecule has 0 rings (SSSR count). The summed E-state index contributed by atoms with van der Waals surface area (Å²) in [4.78, 5) is 11.1. The fraction of sp³-hybridized carbons (Fsp3) is 0.900. The Labute approximate surface area is 85.6 Å². The molecule has 0 fully saturated rings. The van der Waals surface area contributed by atoms with Gasteiger partial charge in [0.05, 0.1) is 6.10 Å². The molecule has 0 aromatic rings. The van der Waals surface area contributed by atoms with E-state index in [4.69, 9.17) is 4.74 Å². The fourth-order valence-corrected chi connectivity index (χ4v) is 0.859. The maximum atomic E-state index is 11.1. The summed E-state index contributed by atoms with van der Waals surface area (Å²) in [5, 5.41) is 11.8. The topological polar surface area (TPSA) is 58.6 Å². The van der Waals surface area contributed by atoms with Gasteiger partial charge in [0.15, 0.2) is 0 Å². The first-order chi connectivity index (χ1) is 6.35. The minimum absolute atomic E-state index is 0.343. The van der Waals surface area contributed by atoms with Gasteiger partial charge in [-0.05, 0) is 33.6 Å². The van der Waals surface area contributed by atoms with Crippen LogP contribution in [0.25, 0.3) is 0 Å². The predicted molar refractivity (Wildman–Crippen MR) is 55.2 cm³/mol. The fourth-order valence-electron chi connectivity index (χ4n) is 0.859. The van der Waals surface area contributed by atoms with Gasteiger partial charge >= 0.3 is 6.09 Å². The zero-order chi connectivity index (χ0) is 11.2. The highest BCUT2D eigenvalue weighted by atomic mass is 16.6. The maximum Gasteiger partial charge on any atom is 0.407 e. The molecule has 4 nitrogen and oxygen atoms in total. The highest BCUT2D eigenvalue weighted by Gasteiger charge is 2.15. The van der Waals surface area contributed by atoms with Crippen LogP contribution in [0.3, 0.4) is 0 Å². The van der Waals surface area contributed by atoms with Crippen LogP contribution < -0.4 is 5.32 Å². The second kappa shape index (κ2) is 5.86. The van der Waals surface area contributed by atoms with E-state index in [2.05, 4.69) is 5.32 Å². The van der Waals surface area contributed by atoms with E-state index in [1.54, 1.807) is 0 Å². The van der Waals surface area contributed by atoms with E-state index >= 15 is 0 Å². The number of aliphatic hydroxyl groups is 1. The number of carbonyl (C=O) groups is 1. The molecule has 0 spiro atoms. The Kier molecular flexibility index (Phi) is 5.53. The molecular weight excluding hydrogens is 182 g/mol. The van der Waals surface area contributed by atoms with Crippen LogP contribution in [0.5, 0.6) is 0 Å². The number of rotatable bonds is 4. The van der Waals surface area contributed by atoms with Crippen LogP contribution in [0.4, 0.5) is 4.79 Å². The maximum absolute atomic E-state index is 11.1. The van der Waals surface area contributed by atoms with Crippen molar-refractivity contribution in [2.24, 2.45) is 0 Å². The Balaban J connectivity index is 3.55. The van der Waals surface area contributed by atoms with E-state index in [1.807, 2.05) is 27.7 Å². The van der Waals surface area contributed by atoms with Gasteiger partial charge in [-0.2, -0.15) is 0 Å². The zero-order valence-corrected chi connectivity index (χ0v) is 9.46. The molecule has 0 aromatic heterocycles. The third-order valence-corrected chi connectivity index (χ3v) is 1.62. The standard InChI is InChI=1S/C10H21NO3/c1-5-8(12)6-7-11-9(13)14-10(2,3)4/h8,12H,5-7H2,1-4H3,(H,11,13)/t8-/m0/s1. The first-order valence-electron chi connectivity index (χ1n) is 5.00. The average molecular weight is 203 g/mol. The van der Waals surface area contributed by atoms with Gasteiger partial charge < -0.3 is 15.2 Å². The molecule has 0 heterocycles. The van der Waals surface area contributed by atoms with Crippen molar-refractivity contribution in [2.75, 3.05) is 6.54 Å². The molecule has 0 radical (unpaired) electrons. The lowest BCUT2D eigenvalue weighted by atomic mass is 10.2. The molecule has 0 unspecified atom stereocenters. The molecule has 0 aliphatic rings. The van der Waals surface area contributed by atoms with E-state index in [0.717, 1.165) is 0 Å². The monoisotopic (exact) mass is 203 g/mol. The van der Waals surface area contributed by atoms with Gasteiger partial charge in [-0.3, -0.25) is 0 Å². The van der Waals surface area contributed by atoms with Crippen LogP contribution in [0.2, 0.25) is 0 Å². The Morgan fingerprint density at radius 3 is 2.50 bits per heavy atom. The first-order valence-corrected chi connectivity index (χ1v) is 5.00. The Bertz CT molecular complexity index is 175. The van der Waals surface area contributed by atoms with Crippen molar-refractivity contribution in [3.05, 3.63) is 0 Å². The van der Waals surface area contributed by atoms with Crippen LogP contribution in [-0.4, -0.2) is 29.4 Å². The van der Waals surface area contributed by atoms with Gasteiger partial charge in [0.1, 0.15) is 5.60 Å². The van der Waals surface area contributed by atoms with Crippen molar-refractivity contribution >= 4 is 6.09 Å². The smallest absolute Gasteiger partial charge is 0.407 e. The summed E-state index contributed by atoms with van der Waals surface area (Å²) in [5.74, 6) is 0. The summed E-state index contributed by atoms with van der Waals surface area (Å²) < 4.78 is 5.02. The molecule has 1 amide bonds. The molecular formula is C10H21NO3. The van der Waals surface area contributed by atoms with Crippen molar-refractivity contribution < 1.29 is 14.6 Å². The number of nitrogens with one attached hydrogen (secondary N) is 1. The van der Waals surface area contributed by atoms with E-state index in [0.29, 0.717) is 19.4 Å². The second-order valence-corrected chi connectivity index (χ2v) is 4.28. The normalized spacial score (nSPS) is 13.5. The molecule has 4 heteroatoms. The molecule has 0 aliphatic heterocycles. The summed E-state index contributed by atoms with van der Waals surface area (Å²) in [7, 11) is 0. The third-order valence-electron chi connectivity index (χ3n) is 1.62. The van der Waals surface area contributed by atoms with Crippen molar-refractivity contribution in [1.82, 2.24) is 5.32 Å². The number of hydrogen-bond acceptors (Lipinski definition) is 3. The molecule has 1 atom stereocenters. The van der Waals surface area contributed by atoms with Crippen LogP contribution in [-0.2, 0) is 4.74 Å². The van der Waals surface area contributed by atoms with Gasteiger partial charge in [0.2, 0.25) is 0 Å². The van der Waals surface area contributed by atoms with Gasteiger partial charge in [-0.1, -0.05) is 6.92 Å². The zero-order valence-electron chi connectivity index (χ0n) is 9.46. The summed E-state index contributed by atoms with van der Waals surface area (Å²) in [6, 6.07) is 0. The first kappa shape index (κ1) is 13.2. The molecule has 0 aliphatic carbocycles. The van der Waals surface area contributed by atoms with Gasteiger partial charge in [0.25, 0.3) is 0 Å². The molecule has 0 aromatic carbocycles. The molecule has 0 saturated carbocycles. The van der Waals surface area contributed by atoms with Crippen LogP contribution >= 0.6 is 0 Å². The number of ether oxygens (including phenoxy) is 1. The van der Waals surface area contributed by atoms with Crippen molar-refractivity contribution in [2.45, 2.75) is 52.2 Å². The molecule has 14 heavy (non-hydrogen) atoms. The average Bonchev–Trinajstić information content (AvgIpc) is 2.00. The lowest BCUT2D eigenvalue weighted by Gasteiger charge is -2.19. The third kappa shape index (κ3) is 7.86. The Morgan fingerprint density at radius 2 is 2.07 bits per heavy atom. The summed E-state index contributed by atoms with van der Waals surface area (Å²) in [5.41, 5.74) is -0.465. The van der Waals surface area contributed by atoms with E-state index in [9.17, 15) is 9.90 Å². The van der Waals surface area contributed by atoms with E-state index < -0.39 is 11.7 Å². The lowest BCUT2D eigenvalue weighted by molar-refractivity contribution is 0.0518. The molecule has 0 saturated heterocycles.